The van der Waals surface area contributed by atoms with Crippen LogP contribution in [-0.4, -0.2) is 35.0 Å². The second-order valence-corrected chi connectivity index (χ2v) is 8.06. The lowest BCUT2D eigenvalue weighted by molar-refractivity contribution is -0.118. The molecule has 7 heteroatoms. The number of primary amides is 1. The van der Waals surface area contributed by atoms with Gasteiger partial charge in [0.1, 0.15) is 5.75 Å². The van der Waals surface area contributed by atoms with Crippen molar-refractivity contribution in [3.8, 4) is 5.75 Å². The van der Waals surface area contributed by atoms with Gasteiger partial charge in [0, 0.05) is 25.1 Å². The average molecular weight is 456 g/mol. The van der Waals surface area contributed by atoms with Crippen LogP contribution in [-0.2, 0) is 11.3 Å². The number of hydrogen-bond acceptors (Lipinski definition) is 4. The van der Waals surface area contributed by atoms with Gasteiger partial charge in [-0.25, -0.2) is 0 Å². The summed E-state index contributed by atoms with van der Waals surface area (Å²) >= 11 is 5.45. The maximum absolute atomic E-state index is 12.7. The third kappa shape index (κ3) is 9.47. The molecule has 0 unspecified atom stereocenters. The predicted molar refractivity (Wildman–Crippen MR) is 131 cm³/mol. The topological polar surface area (TPSA) is 84.7 Å². The van der Waals surface area contributed by atoms with E-state index in [1.807, 2.05) is 30.3 Å². The molecule has 0 fully saturated rings. The summed E-state index contributed by atoms with van der Waals surface area (Å²) < 4.78 is 5.75. The highest BCUT2D eigenvalue weighted by molar-refractivity contribution is 7.80. The van der Waals surface area contributed by atoms with Gasteiger partial charge in [0.05, 0.1) is 6.61 Å². The summed E-state index contributed by atoms with van der Waals surface area (Å²) in [6.07, 6.45) is 6.06. The van der Waals surface area contributed by atoms with E-state index in [0.29, 0.717) is 25.3 Å². The molecule has 0 spiro atoms. The Kier molecular flexibility index (Phi) is 11.2. The Balaban J connectivity index is 1.89. The van der Waals surface area contributed by atoms with Gasteiger partial charge < -0.3 is 15.4 Å². The first-order valence-electron chi connectivity index (χ1n) is 11.1. The van der Waals surface area contributed by atoms with Crippen molar-refractivity contribution in [1.29, 1.82) is 0 Å². The highest BCUT2D eigenvalue weighted by Crippen LogP contribution is 2.14. The molecule has 3 N–H and O–H groups in total. The lowest BCUT2D eigenvalue weighted by Crippen LogP contribution is -2.43. The van der Waals surface area contributed by atoms with E-state index < -0.39 is 5.91 Å². The van der Waals surface area contributed by atoms with Gasteiger partial charge in [-0.15, -0.1) is 0 Å². The standard InChI is InChI=1S/C25H33N3O3S/c1-2-3-4-5-9-18-31-22-14-12-21(13-15-22)24(30)27-25(32)28(17-16-23(26)29)19-20-10-7-6-8-11-20/h6-8,10-15H,2-5,9,16-19H2,1H3,(H2,26,29)(H,27,30,32). The van der Waals surface area contributed by atoms with Crippen LogP contribution in [0.25, 0.3) is 0 Å². The van der Waals surface area contributed by atoms with Crippen LogP contribution in [0.3, 0.4) is 0 Å². The maximum Gasteiger partial charge on any atom is 0.257 e. The van der Waals surface area contributed by atoms with Gasteiger partial charge in [0.15, 0.2) is 5.11 Å². The summed E-state index contributed by atoms with van der Waals surface area (Å²) in [6, 6.07) is 16.7. The summed E-state index contributed by atoms with van der Waals surface area (Å²) in [6.45, 7) is 3.67. The van der Waals surface area contributed by atoms with Crippen molar-refractivity contribution in [3.63, 3.8) is 0 Å². The Morgan fingerprint density at radius 1 is 1.00 bits per heavy atom. The molecule has 32 heavy (non-hydrogen) atoms. The van der Waals surface area contributed by atoms with Gasteiger partial charge in [0.2, 0.25) is 5.91 Å². The summed E-state index contributed by atoms with van der Waals surface area (Å²) in [5.74, 6) is 0.0168. The lowest BCUT2D eigenvalue weighted by Gasteiger charge is -2.25. The van der Waals surface area contributed by atoms with E-state index in [-0.39, 0.29) is 17.4 Å². The summed E-state index contributed by atoms with van der Waals surface area (Å²) in [5.41, 5.74) is 6.80. The molecule has 0 aliphatic carbocycles. The van der Waals surface area contributed by atoms with Crippen molar-refractivity contribution < 1.29 is 14.3 Å². The van der Waals surface area contributed by atoms with Gasteiger partial charge in [-0.05, 0) is 48.5 Å². The molecule has 2 rings (SSSR count). The Labute approximate surface area is 196 Å². The van der Waals surface area contributed by atoms with Crippen molar-refractivity contribution in [3.05, 3.63) is 65.7 Å². The van der Waals surface area contributed by atoms with Crippen LogP contribution in [0.2, 0.25) is 0 Å². The average Bonchev–Trinajstić information content (AvgIpc) is 2.79. The zero-order valence-electron chi connectivity index (χ0n) is 18.7. The number of nitrogens with two attached hydrogens (primary N) is 1. The molecule has 0 atom stereocenters. The molecule has 2 aromatic rings. The van der Waals surface area contributed by atoms with Crippen molar-refractivity contribution >= 4 is 29.1 Å². The molecule has 0 saturated carbocycles. The number of nitrogens with zero attached hydrogens (tertiary/aromatic N) is 1. The predicted octanol–water partition coefficient (Wildman–Crippen LogP) is 4.43. The fourth-order valence-electron chi connectivity index (χ4n) is 3.15. The zero-order chi connectivity index (χ0) is 23.2. The number of ether oxygens (including phenoxy) is 1. The summed E-state index contributed by atoms with van der Waals surface area (Å²) in [4.78, 5) is 25.7. The Morgan fingerprint density at radius 2 is 1.69 bits per heavy atom. The van der Waals surface area contributed by atoms with E-state index >= 15 is 0 Å². The Bertz CT molecular complexity index is 856. The molecule has 0 aliphatic heterocycles. The van der Waals surface area contributed by atoms with E-state index in [0.717, 1.165) is 17.7 Å². The summed E-state index contributed by atoms with van der Waals surface area (Å²) in [7, 11) is 0. The second-order valence-electron chi connectivity index (χ2n) is 7.67. The van der Waals surface area contributed by atoms with Crippen LogP contribution in [0.15, 0.2) is 54.6 Å². The number of hydrogen-bond donors (Lipinski definition) is 2. The quantitative estimate of drug-likeness (QED) is 0.345. The minimum Gasteiger partial charge on any atom is -0.494 e. The molecular weight excluding hydrogens is 422 g/mol. The molecule has 0 radical (unpaired) electrons. The molecule has 2 aromatic carbocycles. The van der Waals surface area contributed by atoms with Crippen LogP contribution < -0.4 is 15.8 Å². The number of benzene rings is 2. The molecule has 0 saturated heterocycles. The van der Waals surface area contributed by atoms with E-state index in [1.54, 1.807) is 29.2 Å². The first-order chi connectivity index (χ1) is 15.5. The van der Waals surface area contributed by atoms with Crippen LogP contribution >= 0.6 is 12.2 Å². The molecule has 2 amide bonds. The maximum atomic E-state index is 12.7. The fraction of sp³-hybridized carbons (Fsp3) is 0.400. The van der Waals surface area contributed by atoms with Crippen molar-refractivity contribution in [2.24, 2.45) is 5.73 Å². The van der Waals surface area contributed by atoms with Gasteiger partial charge in [-0.1, -0.05) is 62.9 Å². The zero-order valence-corrected chi connectivity index (χ0v) is 19.5. The molecular formula is C25H33N3O3S. The van der Waals surface area contributed by atoms with Crippen LogP contribution in [0.5, 0.6) is 5.75 Å². The Morgan fingerprint density at radius 3 is 2.34 bits per heavy atom. The number of thiocarbonyl (C=S) groups is 1. The van der Waals surface area contributed by atoms with Crippen molar-refractivity contribution in [2.75, 3.05) is 13.2 Å². The normalized spacial score (nSPS) is 10.4. The van der Waals surface area contributed by atoms with Crippen molar-refractivity contribution in [1.82, 2.24) is 10.2 Å². The summed E-state index contributed by atoms with van der Waals surface area (Å²) in [5, 5.41) is 3.01. The number of carbonyl (C=O) groups is 2. The first kappa shape index (κ1) is 25.3. The van der Waals surface area contributed by atoms with E-state index in [4.69, 9.17) is 22.7 Å². The highest BCUT2D eigenvalue weighted by atomic mass is 32.1. The molecule has 172 valence electrons. The van der Waals surface area contributed by atoms with Gasteiger partial charge in [-0.2, -0.15) is 0 Å². The highest BCUT2D eigenvalue weighted by Gasteiger charge is 2.15. The van der Waals surface area contributed by atoms with E-state index in [9.17, 15) is 9.59 Å². The number of amides is 2. The number of carbonyl (C=O) groups excluding carboxylic acids is 2. The SMILES string of the molecule is CCCCCCCOc1ccc(C(=O)NC(=S)N(CCC(N)=O)Cc2ccccc2)cc1. The van der Waals surface area contributed by atoms with Gasteiger partial charge >= 0.3 is 0 Å². The minimum atomic E-state index is -0.418. The van der Waals surface area contributed by atoms with Crippen molar-refractivity contribution in [2.45, 2.75) is 52.0 Å². The Hall–Kier alpha value is -2.93. The number of unbranched alkanes of at least 4 members (excludes halogenated alkanes) is 4. The van der Waals surface area contributed by atoms with Crippen LogP contribution in [0.4, 0.5) is 0 Å². The smallest absolute Gasteiger partial charge is 0.257 e. The second kappa shape index (κ2) is 14.2. The van der Waals surface area contributed by atoms with E-state index in [2.05, 4.69) is 12.2 Å². The minimum absolute atomic E-state index is 0.146. The molecule has 0 bridgehead atoms. The monoisotopic (exact) mass is 455 g/mol. The molecule has 0 aliphatic rings. The van der Waals surface area contributed by atoms with Crippen LogP contribution in [0.1, 0.15) is 61.4 Å². The largest absolute Gasteiger partial charge is 0.494 e. The first-order valence-corrected chi connectivity index (χ1v) is 11.6. The van der Waals surface area contributed by atoms with Crippen LogP contribution in [0, 0.1) is 0 Å². The molecule has 0 heterocycles. The molecule has 0 aromatic heterocycles. The van der Waals surface area contributed by atoms with Gasteiger partial charge in [0.25, 0.3) is 5.91 Å². The lowest BCUT2D eigenvalue weighted by atomic mass is 10.2. The van der Waals surface area contributed by atoms with E-state index in [1.165, 1.54) is 25.7 Å². The third-order valence-electron chi connectivity index (χ3n) is 4.99. The fourth-order valence-corrected chi connectivity index (χ4v) is 3.40. The van der Waals surface area contributed by atoms with Gasteiger partial charge in [-0.3, -0.25) is 14.9 Å². The third-order valence-corrected chi connectivity index (χ3v) is 5.35. The number of nitrogens with one attached hydrogen (secondary N) is 1. The molecule has 6 nitrogen and oxygen atoms in total. The number of rotatable bonds is 13.